The molecule has 110 valence electrons. The first-order valence-electron chi connectivity index (χ1n) is 7.30. The zero-order valence-corrected chi connectivity index (χ0v) is 12.6. The number of benzene rings is 2. The van der Waals surface area contributed by atoms with Crippen LogP contribution in [0.1, 0.15) is 23.6 Å². The number of hydrogen-bond donors (Lipinski definition) is 1. The fraction of sp³-hybridized carbons (Fsp3) is 0.100. The van der Waals surface area contributed by atoms with E-state index in [2.05, 4.69) is 18.7 Å². The van der Waals surface area contributed by atoms with Gasteiger partial charge in [0.2, 0.25) is 0 Å². The van der Waals surface area contributed by atoms with Crippen LogP contribution < -0.4 is 5.73 Å². The average molecular weight is 291 g/mol. The predicted octanol–water partition coefficient (Wildman–Crippen LogP) is 5.01. The molecule has 2 N–H and O–H groups in total. The van der Waals surface area contributed by atoms with Crippen LogP contribution in [0, 0.1) is 5.82 Å². The van der Waals surface area contributed by atoms with Crippen molar-refractivity contribution < 1.29 is 4.39 Å². The van der Waals surface area contributed by atoms with Crippen LogP contribution in [0.25, 0.3) is 11.1 Å². The number of anilines is 1. The second-order valence-electron chi connectivity index (χ2n) is 5.44. The third-order valence-electron chi connectivity index (χ3n) is 4.04. The van der Waals surface area contributed by atoms with Crippen molar-refractivity contribution in [3.8, 4) is 0 Å². The largest absolute Gasteiger partial charge is 0.398 e. The van der Waals surface area contributed by atoms with Gasteiger partial charge in [-0.15, -0.1) is 0 Å². The van der Waals surface area contributed by atoms with E-state index in [1.54, 1.807) is 6.07 Å². The smallest absolute Gasteiger partial charge is 0.123 e. The fourth-order valence-electron chi connectivity index (χ4n) is 2.97. The Kier molecular flexibility index (Phi) is 3.68. The number of hydrogen-bond acceptors (Lipinski definition) is 1. The van der Waals surface area contributed by atoms with Crippen LogP contribution >= 0.6 is 0 Å². The first kappa shape index (κ1) is 14.3. The minimum atomic E-state index is -0.284. The van der Waals surface area contributed by atoms with E-state index in [-0.39, 0.29) is 5.82 Å². The summed E-state index contributed by atoms with van der Waals surface area (Å²) in [5.41, 5.74) is 12.8. The molecule has 2 aromatic carbocycles. The van der Waals surface area contributed by atoms with Gasteiger partial charge in [-0.25, -0.2) is 4.39 Å². The minimum Gasteiger partial charge on any atom is -0.398 e. The van der Waals surface area contributed by atoms with E-state index in [1.165, 1.54) is 17.7 Å². The van der Waals surface area contributed by atoms with E-state index >= 15 is 0 Å². The molecule has 22 heavy (non-hydrogen) atoms. The molecule has 0 unspecified atom stereocenters. The van der Waals surface area contributed by atoms with Gasteiger partial charge in [0.1, 0.15) is 5.82 Å². The van der Waals surface area contributed by atoms with Crippen LogP contribution in [0.15, 0.2) is 66.8 Å². The summed E-state index contributed by atoms with van der Waals surface area (Å²) in [7, 11) is 0. The molecule has 0 spiro atoms. The lowest BCUT2D eigenvalue weighted by molar-refractivity contribution is 0.627. The standard InChI is InChI=1S/C20H18FN/c1-3-6-17(19-12-15(21)9-10-20(19)22)18-11-14-7-4-5-8-16(14)13(18)2/h3-10,12H,2,11,22H2,1H3/b6-3-,18-17+. The molecule has 2 aromatic rings. The second kappa shape index (κ2) is 5.64. The third-order valence-corrected chi connectivity index (χ3v) is 4.04. The van der Waals surface area contributed by atoms with Crippen LogP contribution in [0.3, 0.4) is 0 Å². The molecular weight excluding hydrogens is 273 g/mol. The molecule has 1 aliphatic rings. The molecule has 3 rings (SSSR count). The van der Waals surface area contributed by atoms with Crippen LogP contribution in [0.2, 0.25) is 0 Å². The van der Waals surface area contributed by atoms with E-state index in [4.69, 9.17) is 5.73 Å². The van der Waals surface area contributed by atoms with Gasteiger partial charge in [-0.3, -0.25) is 0 Å². The normalized spacial score (nSPS) is 16.2. The maximum absolute atomic E-state index is 13.7. The summed E-state index contributed by atoms with van der Waals surface area (Å²) in [4.78, 5) is 0. The van der Waals surface area contributed by atoms with E-state index in [0.717, 1.165) is 34.3 Å². The van der Waals surface area contributed by atoms with Crippen molar-refractivity contribution in [1.82, 2.24) is 0 Å². The van der Waals surface area contributed by atoms with Crippen LogP contribution in [-0.2, 0) is 6.42 Å². The molecule has 0 saturated carbocycles. The molecule has 0 heterocycles. The topological polar surface area (TPSA) is 26.0 Å². The zero-order chi connectivity index (χ0) is 15.7. The lowest BCUT2D eigenvalue weighted by Crippen LogP contribution is -1.97. The van der Waals surface area contributed by atoms with Gasteiger partial charge < -0.3 is 5.73 Å². The van der Waals surface area contributed by atoms with Crippen molar-refractivity contribution in [2.24, 2.45) is 0 Å². The summed E-state index contributed by atoms with van der Waals surface area (Å²) in [6.07, 6.45) is 4.73. The van der Waals surface area contributed by atoms with E-state index in [0.29, 0.717) is 5.69 Å². The summed E-state index contributed by atoms with van der Waals surface area (Å²) in [6, 6.07) is 12.7. The molecular formula is C20H18FN. The Morgan fingerprint density at radius 1 is 1.23 bits per heavy atom. The van der Waals surface area contributed by atoms with Gasteiger partial charge in [0.25, 0.3) is 0 Å². The Balaban J connectivity index is 2.21. The first-order chi connectivity index (χ1) is 10.6. The van der Waals surface area contributed by atoms with Crippen LogP contribution in [-0.4, -0.2) is 0 Å². The molecule has 0 aliphatic heterocycles. The SMILES string of the molecule is C=C1/C(=C(\C=C/C)c2cc(F)ccc2N)Cc2ccccc21. The Hall–Kier alpha value is -2.61. The summed E-state index contributed by atoms with van der Waals surface area (Å²) < 4.78 is 13.7. The summed E-state index contributed by atoms with van der Waals surface area (Å²) in [5.74, 6) is -0.284. The molecule has 0 bridgehead atoms. The Bertz CT molecular complexity index is 812. The quantitative estimate of drug-likeness (QED) is 0.774. The van der Waals surface area contributed by atoms with Crippen molar-refractivity contribution in [3.05, 3.63) is 89.3 Å². The summed E-state index contributed by atoms with van der Waals surface area (Å²) in [6.45, 7) is 6.18. The number of halogens is 1. The molecule has 1 aliphatic carbocycles. The van der Waals surface area contributed by atoms with Gasteiger partial charge in [-0.1, -0.05) is 43.0 Å². The molecule has 0 amide bonds. The number of rotatable bonds is 2. The number of allylic oxidation sites excluding steroid dienone is 5. The van der Waals surface area contributed by atoms with Gasteiger partial charge in [0.15, 0.2) is 0 Å². The summed E-state index contributed by atoms with van der Waals surface area (Å²) >= 11 is 0. The maximum atomic E-state index is 13.7. The highest BCUT2D eigenvalue weighted by atomic mass is 19.1. The predicted molar refractivity (Wildman–Crippen MR) is 91.7 cm³/mol. The second-order valence-corrected chi connectivity index (χ2v) is 5.44. The third kappa shape index (κ3) is 2.37. The number of nitrogens with two attached hydrogens (primary N) is 1. The van der Waals surface area contributed by atoms with Crippen molar-refractivity contribution >= 4 is 16.8 Å². The van der Waals surface area contributed by atoms with Gasteiger partial charge >= 0.3 is 0 Å². The van der Waals surface area contributed by atoms with Crippen LogP contribution in [0.5, 0.6) is 0 Å². The molecule has 0 radical (unpaired) electrons. The molecule has 0 atom stereocenters. The molecule has 2 heteroatoms. The highest BCUT2D eigenvalue weighted by molar-refractivity contribution is 5.97. The fourth-order valence-corrected chi connectivity index (χ4v) is 2.97. The monoisotopic (exact) mass is 291 g/mol. The first-order valence-corrected chi connectivity index (χ1v) is 7.30. The van der Waals surface area contributed by atoms with E-state index in [9.17, 15) is 4.39 Å². The van der Waals surface area contributed by atoms with Gasteiger partial charge in [-0.2, -0.15) is 0 Å². The van der Waals surface area contributed by atoms with Crippen molar-refractivity contribution in [3.63, 3.8) is 0 Å². The Labute approximate surface area is 130 Å². The van der Waals surface area contributed by atoms with Gasteiger partial charge in [-0.05, 0) is 59.4 Å². The van der Waals surface area contributed by atoms with Gasteiger partial charge in [0, 0.05) is 11.3 Å². The lowest BCUT2D eigenvalue weighted by Gasteiger charge is -2.12. The van der Waals surface area contributed by atoms with Crippen molar-refractivity contribution in [2.75, 3.05) is 5.73 Å². The lowest BCUT2D eigenvalue weighted by atomic mass is 9.94. The Morgan fingerprint density at radius 2 is 2.00 bits per heavy atom. The molecule has 0 fully saturated rings. The van der Waals surface area contributed by atoms with Crippen molar-refractivity contribution in [2.45, 2.75) is 13.3 Å². The van der Waals surface area contributed by atoms with Crippen molar-refractivity contribution in [1.29, 1.82) is 0 Å². The highest BCUT2D eigenvalue weighted by Gasteiger charge is 2.22. The van der Waals surface area contributed by atoms with E-state index < -0.39 is 0 Å². The molecule has 0 aromatic heterocycles. The minimum absolute atomic E-state index is 0.284. The molecule has 1 nitrogen and oxygen atoms in total. The van der Waals surface area contributed by atoms with E-state index in [1.807, 2.05) is 31.2 Å². The number of fused-ring (bicyclic) bond motifs is 1. The maximum Gasteiger partial charge on any atom is 0.123 e. The average Bonchev–Trinajstić information content (AvgIpc) is 2.85. The van der Waals surface area contributed by atoms with Gasteiger partial charge in [0.05, 0.1) is 0 Å². The Morgan fingerprint density at radius 3 is 2.73 bits per heavy atom. The molecule has 0 saturated heterocycles. The summed E-state index contributed by atoms with van der Waals surface area (Å²) in [5, 5.41) is 0. The highest BCUT2D eigenvalue weighted by Crippen LogP contribution is 2.41. The van der Waals surface area contributed by atoms with Crippen LogP contribution in [0.4, 0.5) is 10.1 Å². The zero-order valence-electron chi connectivity index (χ0n) is 12.6. The number of nitrogen functional groups attached to an aromatic ring is 1.